The van der Waals surface area contributed by atoms with E-state index in [4.69, 9.17) is 0 Å². The second-order valence-corrected chi connectivity index (χ2v) is 3.18. The third-order valence-electron chi connectivity index (χ3n) is 1.86. The summed E-state index contributed by atoms with van der Waals surface area (Å²) in [5.74, 6) is 0. The smallest absolute Gasteiger partial charge is 0.0680 e. The highest BCUT2D eigenvalue weighted by Crippen LogP contribution is 2.18. The van der Waals surface area contributed by atoms with Crippen molar-refractivity contribution in [1.82, 2.24) is 9.78 Å². The number of benzene rings is 1. The summed E-state index contributed by atoms with van der Waals surface area (Å²) >= 11 is 2.12. The molecule has 2 aromatic rings. The largest absolute Gasteiger partial charge is 0.328 e. The van der Waals surface area contributed by atoms with Crippen molar-refractivity contribution in [2.75, 3.05) is 3.53 Å². The Morgan fingerprint density at radius 2 is 2.33 bits per heavy atom. The van der Waals surface area contributed by atoms with Gasteiger partial charge >= 0.3 is 0 Å². The Balaban J connectivity index is 2.69. The maximum absolute atomic E-state index is 4.16. The van der Waals surface area contributed by atoms with Crippen LogP contribution in [-0.2, 0) is 7.05 Å². The molecule has 0 unspecified atom stereocenters. The molecule has 0 aliphatic rings. The van der Waals surface area contributed by atoms with Gasteiger partial charge in [0, 0.05) is 18.1 Å². The van der Waals surface area contributed by atoms with Crippen molar-refractivity contribution in [2.45, 2.75) is 0 Å². The molecule has 1 aromatic heterocycles. The number of anilines is 1. The Kier molecular flexibility index (Phi) is 1.92. The maximum atomic E-state index is 4.16. The zero-order valence-electron chi connectivity index (χ0n) is 6.58. The molecule has 0 aliphatic heterocycles. The maximum Gasteiger partial charge on any atom is 0.0680 e. The quantitative estimate of drug-likeness (QED) is 0.638. The van der Waals surface area contributed by atoms with Gasteiger partial charge in [-0.3, -0.25) is 4.68 Å². The molecular formula is C8H8IN3. The standard InChI is InChI=1S/C8H8IN3/c1-12-8-3-2-7(11-9)4-6(8)5-10-12/h2-5,11H,1H3. The number of aromatic nitrogens is 2. The van der Waals surface area contributed by atoms with Crippen LogP contribution in [0.25, 0.3) is 10.9 Å². The number of hydrogen-bond donors (Lipinski definition) is 1. The van der Waals surface area contributed by atoms with E-state index < -0.39 is 0 Å². The number of aryl methyl sites for hydroxylation is 1. The van der Waals surface area contributed by atoms with Gasteiger partial charge in [0.05, 0.1) is 34.6 Å². The molecule has 1 heterocycles. The van der Waals surface area contributed by atoms with Crippen LogP contribution in [0, 0.1) is 0 Å². The van der Waals surface area contributed by atoms with Crippen LogP contribution in [0.15, 0.2) is 24.4 Å². The lowest BCUT2D eigenvalue weighted by Gasteiger charge is -1.97. The molecule has 3 nitrogen and oxygen atoms in total. The van der Waals surface area contributed by atoms with Crippen molar-refractivity contribution < 1.29 is 0 Å². The number of rotatable bonds is 1. The highest BCUT2D eigenvalue weighted by atomic mass is 127. The van der Waals surface area contributed by atoms with Gasteiger partial charge in [-0.25, -0.2) is 0 Å². The molecule has 1 aromatic carbocycles. The van der Waals surface area contributed by atoms with Crippen molar-refractivity contribution in [3.63, 3.8) is 0 Å². The molecule has 0 radical (unpaired) electrons. The molecule has 0 aliphatic carbocycles. The molecule has 1 N–H and O–H groups in total. The third-order valence-corrected chi connectivity index (χ3v) is 2.48. The van der Waals surface area contributed by atoms with Crippen LogP contribution >= 0.6 is 22.9 Å². The molecule has 62 valence electrons. The zero-order valence-corrected chi connectivity index (χ0v) is 8.74. The van der Waals surface area contributed by atoms with Crippen molar-refractivity contribution in [2.24, 2.45) is 7.05 Å². The lowest BCUT2D eigenvalue weighted by Crippen LogP contribution is -1.88. The predicted octanol–water partition coefficient (Wildman–Crippen LogP) is 2.34. The fraction of sp³-hybridized carbons (Fsp3) is 0.125. The zero-order chi connectivity index (χ0) is 8.55. The second kappa shape index (κ2) is 2.93. The summed E-state index contributed by atoms with van der Waals surface area (Å²) in [4.78, 5) is 0. The molecule has 4 heteroatoms. The molecule has 12 heavy (non-hydrogen) atoms. The Bertz CT molecular complexity index is 408. The van der Waals surface area contributed by atoms with Gasteiger partial charge in [0.1, 0.15) is 0 Å². The lowest BCUT2D eigenvalue weighted by atomic mass is 10.2. The molecule has 0 fully saturated rings. The summed E-state index contributed by atoms with van der Waals surface area (Å²) in [7, 11) is 1.94. The Morgan fingerprint density at radius 3 is 3.08 bits per heavy atom. The van der Waals surface area contributed by atoms with E-state index in [2.05, 4.69) is 43.6 Å². The fourth-order valence-corrected chi connectivity index (χ4v) is 1.56. The number of hydrogen-bond acceptors (Lipinski definition) is 2. The summed E-state index contributed by atoms with van der Waals surface area (Å²) < 4.78 is 4.93. The van der Waals surface area contributed by atoms with E-state index in [-0.39, 0.29) is 0 Å². The SMILES string of the molecule is Cn1ncc2cc(NI)ccc21. The highest BCUT2D eigenvalue weighted by molar-refractivity contribution is 14.1. The molecule has 0 bridgehead atoms. The van der Waals surface area contributed by atoms with E-state index >= 15 is 0 Å². The van der Waals surface area contributed by atoms with E-state index in [1.165, 1.54) is 5.39 Å². The van der Waals surface area contributed by atoms with E-state index in [9.17, 15) is 0 Å². The predicted molar refractivity (Wildman–Crippen MR) is 58.4 cm³/mol. The molecule has 0 saturated heterocycles. The van der Waals surface area contributed by atoms with Crippen LogP contribution in [0.1, 0.15) is 0 Å². The van der Waals surface area contributed by atoms with Crippen LogP contribution in [0.5, 0.6) is 0 Å². The van der Waals surface area contributed by atoms with Gasteiger partial charge in [-0.05, 0) is 18.2 Å². The van der Waals surface area contributed by atoms with Crippen LogP contribution in [0.4, 0.5) is 5.69 Å². The van der Waals surface area contributed by atoms with Crippen molar-refractivity contribution in [1.29, 1.82) is 0 Å². The first-order valence-electron chi connectivity index (χ1n) is 3.59. The number of fused-ring (bicyclic) bond motifs is 1. The van der Waals surface area contributed by atoms with E-state index in [0.717, 1.165) is 11.2 Å². The topological polar surface area (TPSA) is 29.9 Å². The lowest BCUT2D eigenvalue weighted by molar-refractivity contribution is 0.797. The van der Waals surface area contributed by atoms with Gasteiger partial charge in [-0.15, -0.1) is 0 Å². The van der Waals surface area contributed by atoms with E-state index in [1.807, 2.05) is 24.0 Å². The van der Waals surface area contributed by atoms with Gasteiger partial charge in [0.2, 0.25) is 0 Å². The Hall–Kier alpha value is -0.780. The average Bonchev–Trinajstić information content (AvgIpc) is 2.47. The van der Waals surface area contributed by atoms with Crippen molar-refractivity contribution >= 4 is 39.5 Å². The van der Waals surface area contributed by atoms with Crippen LogP contribution < -0.4 is 3.53 Å². The summed E-state index contributed by atoms with van der Waals surface area (Å²) in [6.07, 6.45) is 1.87. The fourth-order valence-electron chi connectivity index (χ4n) is 1.22. The van der Waals surface area contributed by atoms with Crippen molar-refractivity contribution in [3.8, 4) is 0 Å². The van der Waals surface area contributed by atoms with E-state index in [1.54, 1.807) is 0 Å². The number of halogens is 1. The minimum atomic E-state index is 1.11. The van der Waals surface area contributed by atoms with Crippen LogP contribution in [0.3, 0.4) is 0 Å². The highest BCUT2D eigenvalue weighted by Gasteiger charge is 1.98. The first kappa shape index (κ1) is 7.85. The second-order valence-electron chi connectivity index (χ2n) is 2.64. The summed E-state index contributed by atoms with van der Waals surface area (Å²) in [5, 5.41) is 5.32. The Morgan fingerprint density at radius 1 is 1.50 bits per heavy atom. The summed E-state index contributed by atoms with van der Waals surface area (Å²) in [6.45, 7) is 0. The molecule has 2 rings (SSSR count). The minimum absolute atomic E-state index is 1.11. The summed E-state index contributed by atoms with van der Waals surface area (Å²) in [5.41, 5.74) is 2.27. The van der Waals surface area contributed by atoms with Gasteiger partial charge in [0.15, 0.2) is 0 Å². The monoisotopic (exact) mass is 273 g/mol. The van der Waals surface area contributed by atoms with Gasteiger partial charge in [-0.2, -0.15) is 5.10 Å². The number of nitrogens with one attached hydrogen (secondary N) is 1. The molecular weight excluding hydrogens is 265 g/mol. The first-order valence-corrected chi connectivity index (χ1v) is 4.67. The minimum Gasteiger partial charge on any atom is -0.328 e. The average molecular weight is 273 g/mol. The molecule has 0 saturated carbocycles. The van der Waals surface area contributed by atoms with Gasteiger partial charge in [0.25, 0.3) is 0 Å². The number of nitrogens with zero attached hydrogens (tertiary/aromatic N) is 2. The Labute approximate surface area is 84.3 Å². The molecule has 0 spiro atoms. The van der Waals surface area contributed by atoms with Crippen LogP contribution in [0.2, 0.25) is 0 Å². The van der Waals surface area contributed by atoms with Gasteiger partial charge < -0.3 is 3.53 Å². The molecule has 0 atom stereocenters. The first-order chi connectivity index (χ1) is 5.81. The molecule has 0 amide bonds. The van der Waals surface area contributed by atoms with Crippen molar-refractivity contribution in [3.05, 3.63) is 24.4 Å². The van der Waals surface area contributed by atoms with Crippen LogP contribution in [-0.4, -0.2) is 9.78 Å². The third kappa shape index (κ3) is 1.16. The van der Waals surface area contributed by atoms with Gasteiger partial charge in [-0.1, -0.05) is 0 Å². The summed E-state index contributed by atoms with van der Waals surface area (Å²) in [6, 6.07) is 6.18. The van der Waals surface area contributed by atoms with E-state index in [0.29, 0.717) is 0 Å². The normalized spacial score (nSPS) is 10.5.